The Hall–Kier alpha value is -3.30. The minimum atomic E-state index is -0.440. The van der Waals surface area contributed by atoms with Gasteiger partial charge in [0.2, 0.25) is 0 Å². The summed E-state index contributed by atoms with van der Waals surface area (Å²) in [7, 11) is 1.44. The summed E-state index contributed by atoms with van der Waals surface area (Å²) in [6.07, 6.45) is 6.93. The number of benzene rings is 2. The molecular weight excluding hydrogens is 453 g/mol. The average molecular weight is 480 g/mol. The van der Waals surface area contributed by atoms with Crippen LogP contribution in [0.25, 0.3) is 21.5 Å². The highest BCUT2D eigenvalue weighted by atomic mass is 32.1. The van der Waals surface area contributed by atoms with E-state index in [0.29, 0.717) is 23.6 Å². The number of hydrogen-bond donors (Lipinski definition) is 3. The van der Waals surface area contributed by atoms with Gasteiger partial charge in [0.25, 0.3) is 0 Å². The molecule has 0 spiro atoms. The monoisotopic (exact) mass is 479 g/mol. The van der Waals surface area contributed by atoms with Crippen LogP contribution in [0.2, 0.25) is 0 Å². The third kappa shape index (κ3) is 4.80. The fourth-order valence-electron chi connectivity index (χ4n) is 4.27. The van der Waals surface area contributed by atoms with Crippen LogP contribution in [0.15, 0.2) is 48.8 Å². The molecule has 0 saturated heterocycles. The van der Waals surface area contributed by atoms with Gasteiger partial charge >= 0.3 is 0 Å². The molecule has 0 aliphatic heterocycles. The summed E-state index contributed by atoms with van der Waals surface area (Å²) >= 11 is 1.60. The first-order chi connectivity index (χ1) is 16.6. The summed E-state index contributed by atoms with van der Waals surface area (Å²) in [5.74, 6) is 0.293. The fourth-order valence-corrected chi connectivity index (χ4v) is 5.26. The molecule has 9 heteroatoms. The Labute approximate surface area is 201 Å². The van der Waals surface area contributed by atoms with Crippen LogP contribution in [0.5, 0.6) is 5.75 Å². The van der Waals surface area contributed by atoms with Crippen LogP contribution >= 0.6 is 11.3 Å². The second-order valence-electron chi connectivity index (χ2n) is 8.39. The second kappa shape index (κ2) is 9.90. The van der Waals surface area contributed by atoms with Crippen molar-refractivity contribution in [2.75, 3.05) is 17.7 Å². The molecule has 1 aliphatic carbocycles. The predicted octanol–water partition coefficient (Wildman–Crippen LogP) is 5.23. The molecule has 0 amide bonds. The van der Waals surface area contributed by atoms with Gasteiger partial charge in [0, 0.05) is 12.1 Å². The second-order valence-corrected chi connectivity index (χ2v) is 9.42. The lowest BCUT2D eigenvalue weighted by Gasteiger charge is -2.27. The first kappa shape index (κ1) is 22.5. The number of hydrogen-bond acceptors (Lipinski definition) is 8. The molecule has 0 radical (unpaired) electrons. The number of nitrogens with zero attached hydrogens (tertiary/aromatic N) is 3. The van der Waals surface area contributed by atoms with Crippen molar-refractivity contribution in [3.05, 3.63) is 60.2 Å². The van der Waals surface area contributed by atoms with Crippen LogP contribution in [-0.4, -0.2) is 39.3 Å². The number of anilines is 2. The van der Waals surface area contributed by atoms with E-state index in [1.54, 1.807) is 35.9 Å². The number of aliphatic hydroxyl groups is 1. The van der Waals surface area contributed by atoms with Gasteiger partial charge in [-0.25, -0.2) is 14.4 Å². The smallest absolute Gasteiger partial charge is 0.184 e. The Morgan fingerprint density at radius 3 is 2.88 bits per heavy atom. The third-order valence-electron chi connectivity index (χ3n) is 6.05. The molecule has 4 aromatic rings. The maximum Gasteiger partial charge on any atom is 0.184 e. The van der Waals surface area contributed by atoms with Crippen LogP contribution in [0.4, 0.5) is 15.3 Å². The van der Waals surface area contributed by atoms with Crippen LogP contribution in [0.3, 0.4) is 0 Å². The van der Waals surface area contributed by atoms with E-state index >= 15 is 0 Å². The molecule has 0 bridgehead atoms. The molecule has 2 atom stereocenters. The quantitative estimate of drug-likeness (QED) is 0.334. The first-order valence-corrected chi connectivity index (χ1v) is 12.2. The Morgan fingerprint density at radius 1 is 1.15 bits per heavy atom. The van der Waals surface area contributed by atoms with Crippen molar-refractivity contribution < 1.29 is 14.2 Å². The molecule has 176 valence electrons. The molecule has 2 heterocycles. The molecule has 5 rings (SSSR count). The number of para-hydroxylation sites is 1. The highest BCUT2D eigenvalue weighted by Crippen LogP contribution is 2.32. The minimum absolute atomic E-state index is 0.0676. The number of aliphatic hydroxyl groups excluding tert-OH is 1. The maximum absolute atomic E-state index is 14.1. The highest BCUT2D eigenvalue weighted by molar-refractivity contribution is 7.22. The molecule has 2 aromatic heterocycles. The molecule has 7 nitrogen and oxygen atoms in total. The van der Waals surface area contributed by atoms with E-state index < -0.39 is 5.82 Å². The summed E-state index contributed by atoms with van der Waals surface area (Å²) in [5.41, 5.74) is 3.09. The van der Waals surface area contributed by atoms with Crippen molar-refractivity contribution in [2.45, 2.75) is 44.4 Å². The topological polar surface area (TPSA) is 92.2 Å². The van der Waals surface area contributed by atoms with E-state index in [-0.39, 0.29) is 17.9 Å². The van der Waals surface area contributed by atoms with E-state index in [9.17, 15) is 9.50 Å². The molecule has 1 fully saturated rings. The molecule has 1 unspecified atom stereocenters. The van der Waals surface area contributed by atoms with Gasteiger partial charge in [0.05, 0.1) is 47.6 Å². The summed E-state index contributed by atoms with van der Waals surface area (Å²) in [6, 6.07) is 10.9. The van der Waals surface area contributed by atoms with Gasteiger partial charge in [0.1, 0.15) is 5.82 Å². The van der Waals surface area contributed by atoms with E-state index in [2.05, 4.69) is 31.7 Å². The van der Waals surface area contributed by atoms with Gasteiger partial charge < -0.3 is 20.5 Å². The molecule has 1 aliphatic rings. The van der Waals surface area contributed by atoms with Crippen LogP contribution in [-0.2, 0) is 6.54 Å². The number of thiazole rings is 1. The SMILES string of the molecule is COc1c(F)cccc1-c1cncc(NCc2ccc3nc(NC4CCCC[C@H]4O)sc3c2)n1. The maximum atomic E-state index is 14.1. The Kier molecular flexibility index (Phi) is 6.55. The predicted molar refractivity (Wildman–Crippen MR) is 133 cm³/mol. The van der Waals surface area contributed by atoms with Crippen molar-refractivity contribution in [3.63, 3.8) is 0 Å². The standard InChI is InChI=1S/C25H26FN5O2S/c1-33-24-16(5-4-6-17(24)26)20-13-27-14-23(29-20)28-12-15-9-10-19-22(11-15)34-25(31-19)30-18-7-2-3-8-21(18)32/h4-6,9-11,13-14,18,21,32H,2-3,7-8,12H2,1H3,(H,28,29)(H,30,31)/t18?,21-/m1/s1. The zero-order chi connectivity index (χ0) is 23.5. The normalized spacial score (nSPS) is 18.1. The van der Waals surface area contributed by atoms with Gasteiger partial charge in [0.15, 0.2) is 16.7 Å². The number of fused-ring (bicyclic) bond motifs is 1. The third-order valence-corrected chi connectivity index (χ3v) is 7.00. The Balaban J connectivity index is 1.29. The van der Waals surface area contributed by atoms with E-state index in [1.165, 1.54) is 13.2 Å². The van der Waals surface area contributed by atoms with Crippen LogP contribution in [0, 0.1) is 5.82 Å². The highest BCUT2D eigenvalue weighted by Gasteiger charge is 2.23. The lowest BCUT2D eigenvalue weighted by molar-refractivity contribution is 0.116. The number of halogens is 1. The summed E-state index contributed by atoms with van der Waals surface area (Å²) in [4.78, 5) is 13.5. The van der Waals surface area contributed by atoms with Crippen molar-refractivity contribution in [1.29, 1.82) is 0 Å². The molecule has 3 N–H and O–H groups in total. The zero-order valence-electron chi connectivity index (χ0n) is 18.8. The fraction of sp³-hybridized carbons (Fsp3) is 0.320. The van der Waals surface area contributed by atoms with Gasteiger partial charge in [-0.15, -0.1) is 0 Å². The number of ether oxygens (including phenoxy) is 1. The zero-order valence-corrected chi connectivity index (χ0v) is 19.6. The van der Waals surface area contributed by atoms with Crippen molar-refractivity contribution in [3.8, 4) is 17.0 Å². The van der Waals surface area contributed by atoms with Crippen LogP contribution in [0.1, 0.15) is 31.2 Å². The molecule has 2 aromatic carbocycles. The summed E-state index contributed by atoms with van der Waals surface area (Å²) < 4.78 is 20.4. The lowest BCUT2D eigenvalue weighted by Crippen LogP contribution is -2.36. The molecule has 34 heavy (non-hydrogen) atoms. The van der Waals surface area contributed by atoms with Gasteiger partial charge in [-0.2, -0.15) is 0 Å². The number of methoxy groups -OCH3 is 1. The molecule has 1 saturated carbocycles. The lowest BCUT2D eigenvalue weighted by atomic mass is 9.93. The van der Waals surface area contributed by atoms with Gasteiger partial charge in [-0.05, 0) is 42.7 Å². The van der Waals surface area contributed by atoms with Gasteiger partial charge in [-0.3, -0.25) is 4.98 Å². The summed E-state index contributed by atoms with van der Waals surface area (Å²) in [6.45, 7) is 0.552. The summed E-state index contributed by atoms with van der Waals surface area (Å²) in [5, 5.41) is 17.8. The van der Waals surface area contributed by atoms with Crippen molar-refractivity contribution in [1.82, 2.24) is 15.0 Å². The van der Waals surface area contributed by atoms with Crippen LogP contribution < -0.4 is 15.4 Å². The Bertz CT molecular complexity index is 1300. The minimum Gasteiger partial charge on any atom is -0.493 e. The van der Waals surface area contributed by atoms with Gasteiger partial charge in [-0.1, -0.05) is 36.3 Å². The van der Waals surface area contributed by atoms with Crippen molar-refractivity contribution >= 4 is 32.5 Å². The Morgan fingerprint density at radius 2 is 2.03 bits per heavy atom. The van der Waals surface area contributed by atoms with E-state index in [1.807, 2.05) is 12.1 Å². The average Bonchev–Trinajstić information content (AvgIpc) is 3.26. The van der Waals surface area contributed by atoms with Crippen molar-refractivity contribution in [2.24, 2.45) is 0 Å². The number of rotatable bonds is 7. The number of aromatic nitrogens is 3. The van der Waals surface area contributed by atoms with E-state index in [4.69, 9.17) is 4.74 Å². The first-order valence-electron chi connectivity index (χ1n) is 11.3. The largest absolute Gasteiger partial charge is 0.493 e. The number of nitrogens with one attached hydrogen (secondary N) is 2. The van der Waals surface area contributed by atoms with E-state index in [0.717, 1.165) is 46.6 Å². The molecular formula is C25H26FN5O2S.